The zero-order valence-electron chi connectivity index (χ0n) is 15.1. The van der Waals surface area contributed by atoms with Crippen molar-refractivity contribution in [3.63, 3.8) is 0 Å². The molecule has 0 unspecified atom stereocenters. The van der Waals surface area contributed by atoms with E-state index in [4.69, 9.17) is 11.6 Å². The molecule has 27 heavy (non-hydrogen) atoms. The number of hydrogen-bond acceptors (Lipinski definition) is 4. The van der Waals surface area contributed by atoms with Crippen molar-refractivity contribution in [2.45, 2.75) is 49.6 Å². The molecule has 0 atom stereocenters. The van der Waals surface area contributed by atoms with Crippen molar-refractivity contribution >= 4 is 5.91 Å². The van der Waals surface area contributed by atoms with Gasteiger partial charge in [0.2, 0.25) is 5.91 Å². The van der Waals surface area contributed by atoms with E-state index < -0.39 is 11.6 Å². The fourth-order valence-corrected chi connectivity index (χ4v) is 3.62. The fourth-order valence-electron chi connectivity index (χ4n) is 3.62. The lowest BCUT2D eigenvalue weighted by Gasteiger charge is -2.40. The van der Waals surface area contributed by atoms with Gasteiger partial charge in [0.25, 0.3) is 0 Å². The average Bonchev–Trinajstić information content (AvgIpc) is 3.40. The van der Waals surface area contributed by atoms with Gasteiger partial charge < -0.3 is 16.1 Å². The number of alkyl halides is 3. The molecule has 3 rings (SSSR count). The summed E-state index contributed by atoms with van der Waals surface area (Å²) in [5.41, 5.74) is 8.26. The number of likely N-dealkylation sites (tertiary alicyclic amines) is 1. The van der Waals surface area contributed by atoms with Crippen LogP contribution in [0.4, 0.5) is 13.2 Å². The molecule has 1 aromatic carbocycles. The molecule has 0 aromatic heterocycles. The maximum Gasteiger partial charge on any atom is 0.398 e. The van der Waals surface area contributed by atoms with Crippen molar-refractivity contribution in [1.82, 2.24) is 10.3 Å². The number of carbonyl (C=O) groups excluding carboxylic acids is 1. The molecule has 0 bridgehead atoms. The van der Waals surface area contributed by atoms with Crippen molar-refractivity contribution in [2.75, 3.05) is 13.1 Å². The van der Waals surface area contributed by atoms with Crippen LogP contribution in [0.3, 0.4) is 0 Å². The number of nitrogens with one attached hydrogen (secondary N) is 1. The fraction of sp³-hybridized carbons (Fsp3) is 0.526. The molecule has 1 aliphatic heterocycles. The summed E-state index contributed by atoms with van der Waals surface area (Å²) in [6, 6.07) is 6.75. The monoisotopic (exact) mass is 382 g/mol. The van der Waals surface area contributed by atoms with Crippen LogP contribution in [0.2, 0.25) is 0 Å². The highest BCUT2D eigenvalue weighted by Gasteiger charge is 2.64. The molecule has 0 radical (unpaired) electrons. The van der Waals surface area contributed by atoms with Crippen LogP contribution in [0.1, 0.15) is 49.1 Å². The number of benzene rings is 1. The number of rotatable bonds is 7. The minimum absolute atomic E-state index is 0.0743. The standard InChI is InChI=1S/C19H25F3N4O/c20-19(21,22)18(8-9-18)15-6-4-13(5-7-15)14-11-26(12-14)17(27)3-1-2-16(10-23)25-24/h4-7,10,14,25H,1-3,8-9,11-12,23-24H2/b16-10-. The Hall–Kier alpha value is -2.22. The zero-order valence-corrected chi connectivity index (χ0v) is 15.1. The third-order valence-electron chi connectivity index (χ3n) is 5.68. The van der Waals surface area contributed by atoms with E-state index >= 15 is 0 Å². The first-order valence-corrected chi connectivity index (χ1v) is 9.13. The van der Waals surface area contributed by atoms with Crippen LogP contribution < -0.4 is 17.0 Å². The van der Waals surface area contributed by atoms with Crippen LogP contribution in [0.15, 0.2) is 36.2 Å². The van der Waals surface area contributed by atoms with Crippen molar-refractivity contribution in [3.05, 3.63) is 47.3 Å². The first-order chi connectivity index (χ1) is 12.8. The van der Waals surface area contributed by atoms with E-state index in [9.17, 15) is 18.0 Å². The Kier molecular flexibility index (Phi) is 5.37. The molecular weight excluding hydrogens is 357 g/mol. The molecule has 148 valence electrons. The predicted octanol–water partition coefficient (Wildman–Crippen LogP) is 2.64. The second-order valence-electron chi connectivity index (χ2n) is 7.39. The minimum Gasteiger partial charge on any atom is -0.403 e. The molecule has 0 spiro atoms. The summed E-state index contributed by atoms with van der Waals surface area (Å²) in [4.78, 5) is 13.9. The Morgan fingerprint density at radius 3 is 2.33 bits per heavy atom. The summed E-state index contributed by atoms with van der Waals surface area (Å²) >= 11 is 0. The Balaban J connectivity index is 1.48. The second-order valence-corrected chi connectivity index (χ2v) is 7.39. The minimum atomic E-state index is -4.19. The topological polar surface area (TPSA) is 84.4 Å². The highest BCUT2D eigenvalue weighted by molar-refractivity contribution is 5.77. The molecule has 5 nitrogen and oxygen atoms in total. The molecule has 1 heterocycles. The lowest BCUT2D eigenvalue weighted by Crippen LogP contribution is -2.48. The quantitative estimate of drug-likeness (QED) is 0.500. The van der Waals surface area contributed by atoms with Crippen molar-refractivity contribution in [1.29, 1.82) is 0 Å². The van der Waals surface area contributed by atoms with Gasteiger partial charge in [0.05, 0.1) is 5.41 Å². The number of hydrogen-bond donors (Lipinski definition) is 3. The lowest BCUT2D eigenvalue weighted by atomic mass is 9.88. The van der Waals surface area contributed by atoms with Gasteiger partial charge in [-0.25, -0.2) is 0 Å². The highest BCUT2D eigenvalue weighted by Crippen LogP contribution is 2.58. The Morgan fingerprint density at radius 2 is 1.85 bits per heavy atom. The van der Waals surface area contributed by atoms with Crippen LogP contribution in [0.25, 0.3) is 0 Å². The van der Waals surface area contributed by atoms with Crippen LogP contribution in [-0.4, -0.2) is 30.1 Å². The lowest BCUT2D eigenvalue weighted by molar-refractivity contribution is -0.160. The zero-order chi connectivity index (χ0) is 19.7. The number of amides is 1. The number of allylic oxidation sites excluding steroid dienone is 1. The first kappa shape index (κ1) is 19.5. The average molecular weight is 382 g/mol. The molecular formula is C19H25F3N4O. The molecule has 1 aliphatic carbocycles. The maximum atomic E-state index is 13.2. The van der Waals surface area contributed by atoms with Crippen LogP contribution in [-0.2, 0) is 10.2 Å². The first-order valence-electron chi connectivity index (χ1n) is 9.13. The molecule has 5 N–H and O–H groups in total. The molecule has 8 heteroatoms. The largest absolute Gasteiger partial charge is 0.403 e. The molecule has 1 saturated carbocycles. The van der Waals surface area contributed by atoms with Gasteiger partial charge in [-0.2, -0.15) is 13.2 Å². The second kappa shape index (κ2) is 7.42. The van der Waals surface area contributed by atoms with Gasteiger partial charge in [-0.3, -0.25) is 10.6 Å². The number of nitrogens with zero attached hydrogens (tertiary/aromatic N) is 1. The van der Waals surface area contributed by atoms with Gasteiger partial charge >= 0.3 is 6.18 Å². The normalized spacial score (nSPS) is 19.6. The van der Waals surface area contributed by atoms with Gasteiger partial charge in [-0.15, -0.1) is 0 Å². The number of hydrazine groups is 1. The van der Waals surface area contributed by atoms with Gasteiger partial charge in [0.1, 0.15) is 0 Å². The molecule has 2 aliphatic rings. The number of carbonyl (C=O) groups is 1. The summed E-state index contributed by atoms with van der Waals surface area (Å²) in [6.45, 7) is 1.22. The summed E-state index contributed by atoms with van der Waals surface area (Å²) in [5, 5.41) is 0. The van der Waals surface area contributed by atoms with Crippen molar-refractivity contribution < 1.29 is 18.0 Å². The third kappa shape index (κ3) is 3.90. The van der Waals surface area contributed by atoms with Gasteiger partial charge in [-0.05, 0) is 36.8 Å². The SMILES string of the molecule is N/C=C(/CCCC(=O)N1CC(c2ccc(C3(C(F)(F)F)CC3)cc2)C1)NN. The van der Waals surface area contributed by atoms with Gasteiger partial charge in [0.15, 0.2) is 0 Å². The van der Waals surface area contributed by atoms with E-state index in [1.807, 2.05) is 0 Å². The predicted molar refractivity (Wildman–Crippen MR) is 96.2 cm³/mol. The van der Waals surface area contributed by atoms with E-state index in [0.717, 1.165) is 5.56 Å². The van der Waals surface area contributed by atoms with Crippen molar-refractivity contribution in [2.24, 2.45) is 11.6 Å². The summed E-state index contributed by atoms with van der Waals surface area (Å²) < 4.78 is 39.6. The summed E-state index contributed by atoms with van der Waals surface area (Å²) in [7, 11) is 0. The van der Waals surface area contributed by atoms with E-state index in [1.54, 1.807) is 29.2 Å². The Labute approximate surface area is 156 Å². The smallest absolute Gasteiger partial charge is 0.398 e. The van der Waals surface area contributed by atoms with Crippen LogP contribution in [0.5, 0.6) is 0 Å². The van der Waals surface area contributed by atoms with E-state index in [2.05, 4.69) is 5.43 Å². The Morgan fingerprint density at radius 1 is 1.22 bits per heavy atom. The van der Waals surface area contributed by atoms with Crippen LogP contribution >= 0.6 is 0 Å². The van der Waals surface area contributed by atoms with Gasteiger partial charge in [-0.1, -0.05) is 24.3 Å². The van der Waals surface area contributed by atoms with Crippen LogP contribution in [0, 0.1) is 0 Å². The third-order valence-corrected chi connectivity index (χ3v) is 5.68. The van der Waals surface area contributed by atoms with E-state index in [0.29, 0.717) is 43.6 Å². The maximum absolute atomic E-state index is 13.2. The molecule has 2 fully saturated rings. The summed E-state index contributed by atoms with van der Waals surface area (Å²) in [5.74, 6) is 5.55. The molecule has 1 amide bonds. The molecule has 1 aromatic rings. The highest BCUT2D eigenvalue weighted by atomic mass is 19.4. The van der Waals surface area contributed by atoms with Crippen molar-refractivity contribution in [3.8, 4) is 0 Å². The van der Waals surface area contributed by atoms with E-state index in [1.165, 1.54) is 6.20 Å². The molecule has 1 saturated heterocycles. The van der Waals surface area contributed by atoms with Gasteiger partial charge in [0, 0.05) is 37.3 Å². The van der Waals surface area contributed by atoms with E-state index in [-0.39, 0.29) is 24.7 Å². The number of nitrogens with two attached hydrogens (primary N) is 2. The Bertz CT molecular complexity index is 705. The summed E-state index contributed by atoms with van der Waals surface area (Å²) in [6.07, 6.45) is -0.784. The number of halogens is 3.